The van der Waals surface area contributed by atoms with Gasteiger partial charge in [0.25, 0.3) is 5.91 Å². The van der Waals surface area contributed by atoms with Crippen LogP contribution in [0, 0.1) is 5.82 Å². The number of nitrogens with one attached hydrogen (secondary N) is 1. The first-order valence-corrected chi connectivity index (χ1v) is 6.15. The minimum absolute atomic E-state index is 0.192. The molecule has 0 fully saturated rings. The molecule has 0 aliphatic rings. The van der Waals surface area contributed by atoms with Crippen LogP contribution in [-0.2, 0) is 11.3 Å². The zero-order chi connectivity index (χ0) is 14.4. The number of ether oxygens (including phenoxy) is 1. The Labute approximate surface area is 116 Å². The van der Waals surface area contributed by atoms with Gasteiger partial charge in [-0.05, 0) is 23.8 Å². The van der Waals surface area contributed by atoms with Crippen LogP contribution in [0.15, 0.2) is 48.5 Å². The Bertz CT molecular complexity index is 602. The quantitative estimate of drug-likeness (QED) is 0.879. The van der Waals surface area contributed by atoms with Gasteiger partial charge in [-0.2, -0.15) is 0 Å². The molecule has 2 rings (SSSR count). The van der Waals surface area contributed by atoms with Crippen molar-refractivity contribution in [1.29, 1.82) is 0 Å². The summed E-state index contributed by atoms with van der Waals surface area (Å²) in [6, 6.07) is 12.9. The fourth-order valence-electron chi connectivity index (χ4n) is 1.71. The Kier molecular flexibility index (Phi) is 4.68. The summed E-state index contributed by atoms with van der Waals surface area (Å²) >= 11 is 0. The zero-order valence-electron chi connectivity index (χ0n) is 10.8. The lowest BCUT2D eigenvalue weighted by Crippen LogP contribution is -2.21. The number of halogens is 1. The van der Waals surface area contributed by atoms with Crippen molar-refractivity contribution < 1.29 is 13.9 Å². The molecule has 0 saturated heterocycles. The van der Waals surface area contributed by atoms with E-state index < -0.39 is 5.82 Å². The first kappa shape index (κ1) is 14.0. The van der Waals surface area contributed by atoms with Gasteiger partial charge in [0.15, 0.2) is 6.61 Å². The molecule has 0 aliphatic carbocycles. The Hall–Kier alpha value is -2.40. The van der Waals surface area contributed by atoms with E-state index in [9.17, 15) is 9.18 Å². The molecule has 0 aromatic heterocycles. The highest BCUT2D eigenvalue weighted by Crippen LogP contribution is 2.15. The fraction of sp³-hybridized carbons (Fsp3) is 0.133. The molecule has 0 bridgehead atoms. The van der Waals surface area contributed by atoms with E-state index in [1.54, 1.807) is 12.1 Å². The van der Waals surface area contributed by atoms with Crippen LogP contribution in [0.2, 0.25) is 0 Å². The Morgan fingerprint density at radius 3 is 2.75 bits per heavy atom. The highest BCUT2D eigenvalue weighted by atomic mass is 19.1. The van der Waals surface area contributed by atoms with Gasteiger partial charge >= 0.3 is 0 Å². The molecule has 0 atom stereocenters. The summed E-state index contributed by atoms with van der Waals surface area (Å²) in [7, 11) is 0. The molecule has 1 amide bonds. The van der Waals surface area contributed by atoms with Crippen molar-refractivity contribution in [2.24, 2.45) is 5.73 Å². The number of para-hydroxylation sites is 1. The summed E-state index contributed by atoms with van der Waals surface area (Å²) in [5, 5.41) is 2.71. The SMILES string of the molecule is NCc1ccccc1NC(=O)COc1cccc(F)c1. The number of hydrogen-bond donors (Lipinski definition) is 2. The number of amides is 1. The molecule has 104 valence electrons. The molecule has 0 spiro atoms. The maximum absolute atomic E-state index is 12.9. The minimum Gasteiger partial charge on any atom is -0.484 e. The van der Waals surface area contributed by atoms with Gasteiger partial charge in [0.1, 0.15) is 11.6 Å². The molecule has 0 aliphatic heterocycles. The molecule has 0 heterocycles. The Morgan fingerprint density at radius 2 is 2.00 bits per heavy atom. The lowest BCUT2D eigenvalue weighted by atomic mass is 10.2. The summed E-state index contributed by atoms with van der Waals surface area (Å²) in [6.07, 6.45) is 0. The summed E-state index contributed by atoms with van der Waals surface area (Å²) in [6.45, 7) is 0.142. The van der Waals surface area contributed by atoms with E-state index >= 15 is 0 Å². The second-order valence-corrected chi connectivity index (χ2v) is 4.16. The summed E-state index contributed by atoms with van der Waals surface area (Å²) in [4.78, 5) is 11.8. The maximum Gasteiger partial charge on any atom is 0.262 e. The molecule has 2 aromatic rings. The van der Waals surface area contributed by atoms with Gasteiger partial charge < -0.3 is 15.8 Å². The topological polar surface area (TPSA) is 64.3 Å². The third-order valence-electron chi connectivity index (χ3n) is 2.68. The van der Waals surface area contributed by atoms with Crippen molar-refractivity contribution >= 4 is 11.6 Å². The van der Waals surface area contributed by atoms with Crippen LogP contribution in [0.4, 0.5) is 10.1 Å². The van der Waals surface area contributed by atoms with Crippen molar-refractivity contribution in [3.63, 3.8) is 0 Å². The van der Waals surface area contributed by atoms with E-state index in [1.165, 1.54) is 18.2 Å². The molecule has 5 heteroatoms. The molecular formula is C15H15FN2O2. The van der Waals surface area contributed by atoms with E-state index in [0.29, 0.717) is 18.0 Å². The highest BCUT2D eigenvalue weighted by Gasteiger charge is 2.06. The number of carbonyl (C=O) groups is 1. The molecule has 2 aromatic carbocycles. The fourth-order valence-corrected chi connectivity index (χ4v) is 1.71. The van der Waals surface area contributed by atoms with Crippen molar-refractivity contribution in [2.45, 2.75) is 6.54 Å². The lowest BCUT2D eigenvalue weighted by molar-refractivity contribution is -0.118. The van der Waals surface area contributed by atoms with E-state index in [4.69, 9.17) is 10.5 Å². The third-order valence-corrected chi connectivity index (χ3v) is 2.68. The van der Waals surface area contributed by atoms with Crippen LogP contribution in [0.5, 0.6) is 5.75 Å². The number of carbonyl (C=O) groups excluding carboxylic acids is 1. The molecule has 20 heavy (non-hydrogen) atoms. The van der Waals surface area contributed by atoms with E-state index in [-0.39, 0.29) is 12.5 Å². The number of nitrogens with two attached hydrogens (primary N) is 1. The summed E-state index contributed by atoms with van der Waals surface area (Å²) < 4.78 is 18.2. The largest absolute Gasteiger partial charge is 0.484 e. The molecular weight excluding hydrogens is 259 g/mol. The van der Waals surface area contributed by atoms with Crippen LogP contribution < -0.4 is 15.8 Å². The van der Waals surface area contributed by atoms with Crippen LogP contribution in [-0.4, -0.2) is 12.5 Å². The van der Waals surface area contributed by atoms with Gasteiger partial charge in [-0.1, -0.05) is 24.3 Å². The van der Waals surface area contributed by atoms with Crippen LogP contribution in [0.25, 0.3) is 0 Å². The monoisotopic (exact) mass is 274 g/mol. The standard InChI is InChI=1S/C15H15FN2O2/c16-12-5-3-6-13(8-12)20-10-15(19)18-14-7-2-1-4-11(14)9-17/h1-8H,9-10,17H2,(H,18,19). The second-order valence-electron chi connectivity index (χ2n) is 4.16. The first-order chi connectivity index (χ1) is 9.69. The van der Waals surface area contributed by atoms with Gasteiger partial charge in [0.05, 0.1) is 0 Å². The maximum atomic E-state index is 12.9. The first-order valence-electron chi connectivity index (χ1n) is 6.15. The van der Waals surface area contributed by atoms with Gasteiger partial charge in [-0.3, -0.25) is 4.79 Å². The average Bonchev–Trinajstić information content (AvgIpc) is 2.46. The van der Waals surface area contributed by atoms with Gasteiger partial charge in [-0.25, -0.2) is 4.39 Å². The summed E-state index contributed by atoms with van der Waals surface area (Å²) in [5.74, 6) is -0.418. The van der Waals surface area contributed by atoms with Crippen LogP contribution >= 0.6 is 0 Å². The zero-order valence-corrected chi connectivity index (χ0v) is 10.8. The normalized spacial score (nSPS) is 10.1. The number of hydrogen-bond acceptors (Lipinski definition) is 3. The number of benzene rings is 2. The van der Waals surface area contributed by atoms with Gasteiger partial charge in [0.2, 0.25) is 0 Å². The van der Waals surface area contributed by atoms with Gasteiger partial charge in [-0.15, -0.1) is 0 Å². The third kappa shape index (κ3) is 3.80. The van der Waals surface area contributed by atoms with E-state index in [0.717, 1.165) is 5.56 Å². The van der Waals surface area contributed by atoms with Crippen LogP contribution in [0.1, 0.15) is 5.56 Å². The van der Waals surface area contributed by atoms with E-state index in [1.807, 2.05) is 18.2 Å². The molecule has 0 saturated carbocycles. The number of anilines is 1. The van der Waals surface area contributed by atoms with Crippen LogP contribution in [0.3, 0.4) is 0 Å². The van der Waals surface area contributed by atoms with Crippen molar-refractivity contribution in [2.75, 3.05) is 11.9 Å². The summed E-state index contributed by atoms with van der Waals surface area (Å²) in [5.41, 5.74) is 7.08. The lowest BCUT2D eigenvalue weighted by Gasteiger charge is -2.10. The van der Waals surface area contributed by atoms with Crippen molar-refractivity contribution in [3.8, 4) is 5.75 Å². The van der Waals surface area contributed by atoms with E-state index in [2.05, 4.69) is 5.32 Å². The predicted molar refractivity (Wildman–Crippen MR) is 74.9 cm³/mol. The average molecular weight is 274 g/mol. The second kappa shape index (κ2) is 6.68. The minimum atomic E-state index is -0.406. The molecule has 4 nitrogen and oxygen atoms in total. The molecule has 0 radical (unpaired) electrons. The smallest absolute Gasteiger partial charge is 0.262 e. The predicted octanol–water partition coefficient (Wildman–Crippen LogP) is 2.30. The Morgan fingerprint density at radius 1 is 1.20 bits per heavy atom. The van der Waals surface area contributed by atoms with Crippen molar-refractivity contribution in [3.05, 3.63) is 59.9 Å². The molecule has 0 unspecified atom stereocenters. The number of rotatable bonds is 5. The van der Waals surface area contributed by atoms with Crippen molar-refractivity contribution in [1.82, 2.24) is 0 Å². The highest BCUT2D eigenvalue weighted by molar-refractivity contribution is 5.92. The Balaban J connectivity index is 1.93. The van der Waals surface area contributed by atoms with Gasteiger partial charge in [0, 0.05) is 18.3 Å². The molecule has 3 N–H and O–H groups in total.